The van der Waals surface area contributed by atoms with Crippen LogP contribution >= 0.6 is 0 Å². The number of nitrogens with two attached hydrogens (primary N) is 2. The summed E-state index contributed by atoms with van der Waals surface area (Å²) in [5.74, 6) is 0.276. The Labute approximate surface area is 62.3 Å². The Morgan fingerprint density at radius 2 is 2.10 bits per heavy atom. The van der Waals surface area contributed by atoms with Crippen LogP contribution < -0.4 is 11.5 Å². The van der Waals surface area contributed by atoms with Crippen molar-refractivity contribution in [1.29, 1.82) is 5.41 Å². The van der Waals surface area contributed by atoms with E-state index in [1.54, 1.807) is 6.92 Å². The van der Waals surface area contributed by atoms with Crippen LogP contribution in [0.15, 0.2) is 0 Å². The summed E-state index contributed by atoms with van der Waals surface area (Å²) in [5, 5.41) is 7.27. The first-order valence-electron chi connectivity index (χ1n) is 3.58. The molecule has 0 rings (SSSR count). The van der Waals surface area contributed by atoms with Gasteiger partial charge >= 0.3 is 0 Å². The zero-order valence-electron chi connectivity index (χ0n) is 6.72. The number of nitrogens with one attached hydrogen (secondary N) is 1. The Balaban J connectivity index is 3.56. The van der Waals surface area contributed by atoms with E-state index in [4.69, 9.17) is 16.9 Å². The van der Waals surface area contributed by atoms with Gasteiger partial charge in [-0.3, -0.25) is 0 Å². The molecule has 0 aliphatic carbocycles. The first kappa shape index (κ1) is 9.59. The Hall–Kier alpha value is -0.410. The van der Waals surface area contributed by atoms with Crippen LogP contribution in [0.2, 0.25) is 0 Å². The molecular formula is C7H17N3. The van der Waals surface area contributed by atoms with Crippen LogP contribution in [-0.2, 0) is 0 Å². The lowest BCUT2D eigenvalue weighted by Crippen LogP contribution is -2.32. The van der Waals surface area contributed by atoms with Gasteiger partial charge in [-0.2, -0.15) is 0 Å². The first-order chi connectivity index (χ1) is 4.57. The van der Waals surface area contributed by atoms with Gasteiger partial charge in [0.15, 0.2) is 0 Å². The highest BCUT2D eigenvalue weighted by molar-refractivity contribution is 5.80. The SMILES string of the molecule is CC(=N)C(C)CC(N)CN. The standard InChI is InChI=1S/C7H17N3/c1-5(6(2)9)3-7(10)4-8/h5,7,9H,3-4,8,10H2,1-2H3. The smallest absolute Gasteiger partial charge is 0.0169 e. The minimum absolute atomic E-state index is 0.0512. The Morgan fingerprint density at radius 1 is 1.60 bits per heavy atom. The summed E-state index contributed by atoms with van der Waals surface area (Å²) in [6.07, 6.45) is 0.825. The maximum atomic E-state index is 7.27. The van der Waals surface area contributed by atoms with Crippen molar-refractivity contribution in [2.45, 2.75) is 26.3 Å². The molecule has 0 aromatic heterocycles. The van der Waals surface area contributed by atoms with E-state index in [9.17, 15) is 0 Å². The Morgan fingerprint density at radius 3 is 2.40 bits per heavy atom. The van der Waals surface area contributed by atoms with Crippen LogP contribution in [0.5, 0.6) is 0 Å². The quantitative estimate of drug-likeness (QED) is 0.496. The summed E-state index contributed by atoms with van der Waals surface area (Å²) in [6.45, 7) is 4.31. The van der Waals surface area contributed by atoms with E-state index in [-0.39, 0.29) is 12.0 Å². The summed E-state index contributed by atoms with van der Waals surface area (Å²) < 4.78 is 0. The molecule has 0 radical (unpaired) electrons. The van der Waals surface area contributed by atoms with Crippen LogP contribution in [0.4, 0.5) is 0 Å². The molecule has 5 N–H and O–H groups in total. The van der Waals surface area contributed by atoms with Crippen molar-refractivity contribution < 1.29 is 0 Å². The fourth-order valence-corrected chi connectivity index (χ4v) is 0.727. The average molecular weight is 143 g/mol. The second-order valence-electron chi connectivity index (χ2n) is 2.82. The fraction of sp³-hybridized carbons (Fsp3) is 0.857. The van der Waals surface area contributed by atoms with Gasteiger partial charge in [0.05, 0.1) is 0 Å². The zero-order chi connectivity index (χ0) is 8.15. The molecule has 2 unspecified atom stereocenters. The average Bonchev–Trinajstić information content (AvgIpc) is 1.87. The molecule has 60 valence electrons. The topological polar surface area (TPSA) is 75.9 Å². The lowest BCUT2D eigenvalue weighted by molar-refractivity contribution is 0.554. The second-order valence-corrected chi connectivity index (χ2v) is 2.82. The predicted octanol–water partition coefficient (Wildman–Crippen LogP) is 0.338. The highest BCUT2D eigenvalue weighted by atomic mass is 14.7. The van der Waals surface area contributed by atoms with Gasteiger partial charge in [0, 0.05) is 18.3 Å². The lowest BCUT2D eigenvalue weighted by Gasteiger charge is -2.13. The molecule has 0 heterocycles. The number of hydrogen-bond acceptors (Lipinski definition) is 3. The van der Waals surface area contributed by atoms with Crippen molar-refractivity contribution in [3.63, 3.8) is 0 Å². The highest BCUT2D eigenvalue weighted by Gasteiger charge is 2.08. The summed E-state index contributed by atoms with van der Waals surface area (Å²) >= 11 is 0. The molecule has 0 aliphatic heterocycles. The maximum Gasteiger partial charge on any atom is 0.0169 e. The predicted molar refractivity (Wildman–Crippen MR) is 44.2 cm³/mol. The number of hydrogen-bond donors (Lipinski definition) is 3. The van der Waals surface area contributed by atoms with E-state index in [1.165, 1.54) is 0 Å². The summed E-state index contributed by atoms with van der Waals surface area (Å²) in [4.78, 5) is 0. The van der Waals surface area contributed by atoms with Gasteiger partial charge in [0.2, 0.25) is 0 Å². The van der Waals surface area contributed by atoms with Crippen molar-refractivity contribution in [3.05, 3.63) is 0 Å². The molecule has 0 aromatic rings. The van der Waals surface area contributed by atoms with Gasteiger partial charge in [0.1, 0.15) is 0 Å². The van der Waals surface area contributed by atoms with Crippen molar-refractivity contribution in [3.8, 4) is 0 Å². The molecule has 0 aliphatic rings. The minimum atomic E-state index is 0.0512. The highest BCUT2D eigenvalue weighted by Crippen LogP contribution is 2.04. The van der Waals surface area contributed by atoms with Crippen molar-refractivity contribution in [2.24, 2.45) is 17.4 Å². The van der Waals surface area contributed by atoms with E-state index in [1.807, 2.05) is 6.92 Å². The van der Waals surface area contributed by atoms with Crippen LogP contribution in [0, 0.1) is 11.3 Å². The molecule has 3 nitrogen and oxygen atoms in total. The molecule has 0 fully saturated rings. The molecule has 0 aromatic carbocycles. The van der Waals surface area contributed by atoms with Crippen molar-refractivity contribution >= 4 is 5.71 Å². The fourth-order valence-electron chi connectivity index (χ4n) is 0.727. The first-order valence-corrected chi connectivity index (χ1v) is 3.58. The minimum Gasteiger partial charge on any atom is -0.329 e. The van der Waals surface area contributed by atoms with E-state index in [0.717, 1.165) is 6.42 Å². The summed E-state index contributed by atoms with van der Waals surface area (Å²) in [7, 11) is 0. The lowest BCUT2D eigenvalue weighted by atomic mass is 9.98. The van der Waals surface area contributed by atoms with Gasteiger partial charge in [0.25, 0.3) is 0 Å². The van der Waals surface area contributed by atoms with Gasteiger partial charge in [-0.25, -0.2) is 0 Å². The van der Waals surface area contributed by atoms with Gasteiger partial charge in [-0.1, -0.05) is 6.92 Å². The third kappa shape index (κ3) is 3.58. The molecule has 0 saturated carbocycles. The third-order valence-corrected chi connectivity index (χ3v) is 1.70. The van der Waals surface area contributed by atoms with Crippen molar-refractivity contribution in [2.75, 3.05) is 6.54 Å². The van der Waals surface area contributed by atoms with E-state index < -0.39 is 0 Å². The summed E-state index contributed by atoms with van der Waals surface area (Å²) in [5.41, 5.74) is 11.6. The Kier molecular flexibility index (Phi) is 4.23. The van der Waals surface area contributed by atoms with E-state index >= 15 is 0 Å². The Bertz CT molecular complexity index is 111. The molecular weight excluding hydrogens is 126 g/mol. The van der Waals surface area contributed by atoms with Crippen LogP contribution in [0.3, 0.4) is 0 Å². The maximum absolute atomic E-state index is 7.27. The van der Waals surface area contributed by atoms with Crippen LogP contribution in [0.1, 0.15) is 20.3 Å². The van der Waals surface area contributed by atoms with Gasteiger partial charge in [-0.15, -0.1) is 0 Å². The largest absolute Gasteiger partial charge is 0.329 e. The normalized spacial score (nSPS) is 16.4. The molecule has 0 amide bonds. The molecule has 0 bridgehead atoms. The second kappa shape index (κ2) is 4.41. The molecule has 0 spiro atoms. The molecule has 10 heavy (non-hydrogen) atoms. The number of rotatable bonds is 4. The van der Waals surface area contributed by atoms with E-state index in [0.29, 0.717) is 12.3 Å². The monoisotopic (exact) mass is 143 g/mol. The molecule has 3 heteroatoms. The molecule has 0 saturated heterocycles. The van der Waals surface area contributed by atoms with Gasteiger partial charge in [-0.05, 0) is 19.3 Å². The third-order valence-electron chi connectivity index (χ3n) is 1.70. The van der Waals surface area contributed by atoms with E-state index in [2.05, 4.69) is 0 Å². The molecule has 2 atom stereocenters. The van der Waals surface area contributed by atoms with Gasteiger partial charge < -0.3 is 16.9 Å². The van der Waals surface area contributed by atoms with Crippen LogP contribution in [-0.4, -0.2) is 18.3 Å². The van der Waals surface area contributed by atoms with Crippen molar-refractivity contribution in [1.82, 2.24) is 0 Å². The zero-order valence-corrected chi connectivity index (χ0v) is 6.72. The summed E-state index contributed by atoms with van der Waals surface area (Å²) in [6, 6.07) is 0.0512. The van der Waals surface area contributed by atoms with Crippen LogP contribution in [0.25, 0.3) is 0 Å².